The summed E-state index contributed by atoms with van der Waals surface area (Å²) in [6.07, 6.45) is 3.45. The molecular formula is C21H18BrN3O3S. The first-order chi connectivity index (χ1) is 14.0. The molecule has 8 heteroatoms. The van der Waals surface area contributed by atoms with Gasteiger partial charge in [-0.1, -0.05) is 54.0 Å². The quantitative estimate of drug-likeness (QED) is 0.391. The molecule has 1 N–H and O–H groups in total. The second-order valence-electron chi connectivity index (χ2n) is 6.76. The van der Waals surface area contributed by atoms with Crippen LogP contribution in [0, 0.1) is 0 Å². The third-order valence-electron chi connectivity index (χ3n) is 4.39. The van der Waals surface area contributed by atoms with Crippen molar-refractivity contribution in [2.45, 2.75) is 19.8 Å². The van der Waals surface area contributed by atoms with Crippen LogP contribution in [0.4, 0.5) is 0 Å². The van der Waals surface area contributed by atoms with Gasteiger partial charge in [-0.2, -0.15) is 5.10 Å². The summed E-state index contributed by atoms with van der Waals surface area (Å²) in [6.45, 7) is 4.51. The summed E-state index contributed by atoms with van der Waals surface area (Å²) in [4.78, 5) is 12.8. The predicted molar refractivity (Wildman–Crippen MR) is 120 cm³/mol. The van der Waals surface area contributed by atoms with Gasteiger partial charge < -0.3 is 9.47 Å². The Morgan fingerprint density at radius 1 is 1.17 bits per heavy atom. The van der Waals surface area contributed by atoms with Gasteiger partial charge in [-0.05, 0) is 52.6 Å². The number of rotatable bonds is 4. The lowest BCUT2D eigenvalue weighted by Crippen LogP contribution is -2.19. The third-order valence-corrected chi connectivity index (χ3v) is 5.97. The van der Waals surface area contributed by atoms with Crippen LogP contribution in [0.5, 0.6) is 11.5 Å². The molecule has 148 valence electrons. The van der Waals surface area contributed by atoms with Crippen molar-refractivity contribution in [1.82, 2.24) is 5.32 Å². The molecule has 2 aromatic rings. The number of amides is 1. The summed E-state index contributed by atoms with van der Waals surface area (Å²) in [5.41, 5.74) is 3.05. The van der Waals surface area contributed by atoms with Crippen molar-refractivity contribution >= 4 is 51.1 Å². The summed E-state index contributed by atoms with van der Waals surface area (Å²) in [6, 6.07) is 11.8. The minimum absolute atomic E-state index is 0.200. The second-order valence-corrected chi connectivity index (χ2v) is 8.65. The Labute approximate surface area is 181 Å². The summed E-state index contributed by atoms with van der Waals surface area (Å²) in [5, 5.41) is 11.4. The fourth-order valence-electron chi connectivity index (χ4n) is 2.77. The molecule has 4 rings (SSSR count). The number of halogens is 1. The number of fused-ring (bicyclic) bond motifs is 1. The monoisotopic (exact) mass is 471 g/mol. The van der Waals surface area contributed by atoms with Gasteiger partial charge in [0, 0.05) is 4.47 Å². The zero-order valence-electron chi connectivity index (χ0n) is 15.8. The van der Waals surface area contributed by atoms with E-state index in [9.17, 15) is 4.79 Å². The van der Waals surface area contributed by atoms with Crippen molar-refractivity contribution in [2.24, 2.45) is 10.2 Å². The molecule has 0 aromatic heterocycles. The number of thioether (sulfide) groups is 1. The van der Waals surface area contributed by atoms with E-state index in [1.807, 2.05) is 24.3 Å². The molecule has 0 bridgehead atoms. The molecule has 6 nitrogen and oxygen atoms in total. The molecule has 2 heterocycles. The smallest absolute Gasteiger partial charge is 0.264 e. The van der Waals surface area contributed by atoms with E-state index in [1.54, 1.807) is 12.3 Å². The van der Waals surface area contributed by atoms with E-state index >= 15 is 0 Å². The number of hydrogen-bond donors (Lipinski definition) is 1. The van der Waals surface area contributed by atoms with Gasteiger partial charge in [0.05, 0.1) is 11.1 Å². The molecule has 2 aliphatic rings. The van der Waals surface area contributed by atoms with Crippen LogP contribution in [-0.2, 0) is 4.79 Å². The Balaban J connectivity index is 1.47. The molecule has 0 radical (unpaired) electrons. The van der Waals surface area contributed by atoms with E-state index in [1.165, 1.54) is 17.3 Å². The van der Waals surface area contributed by atoms with Gasteiger partial charge in [-0.15, -0.1) is 5.10 Å². The topological polar surface area (TPSA) is 72.3 Å². The standard InChI is InChI=1S/C21H18BrN3O3S/c1-12(2)14-5-3-13(4-6-14)10-23-25-21-24-20(26)19(29-21)8-15-7-17-18(9-16(15)22)28-11-27-17/h3-10,12H,11H2,1-2H3,(H,24,25,26)/b19-8-,23-10?. The summed E-state index contributed by atoms with van der Waals surface area (Å²) in [5.74, 6) is 1.61. The van der Waals surface area contributed by atoms with Gasteiger partial charge in [-0.25, -0.2) is 0 Å². The van der Waals surface area contributed by atoms with Gasteiger partial charge in [0.1, 0.15) is 0 Å². The van der Waals surface area contributed by atoms with Crippen LogP contribution < -0.4 is 14.8 Å². The molecule has 2 aliphatic heterocycles. The Kier molecular flexibility index (Phi) is 5.73. The molecule has 2 aromatic carbocycles. The fourth-order valence-corrected chi connectivity index (χ4v) is 3.98. The summed E-state index contributed by atoms with van der Waals surface area (Å²) >= 11 is 4.74. The molecule has 0 saturated carbocycles. The average Bonchev–Trinajstić information content (AvgIpc) is 3.28. The highest BCUT2D eigenvalue weighted by molar-refractivity contribution is 9.10. The van der Waals surface area contributed by atoms with Crippen LogP contribution in [0.1, 0.15) is 36.5 Å². The van der Waals surface area contributed by atoms with Crippen LogP contribution in [-0.4, -0.2) is 24.1 Å². The van der Waals surface area contributed by atoms with Gasteiger partial charge in [0.25, 0.3) is 5.91 Å². The van der Waals surface area contributed by atoms with Crippen LogP contribution in [0.15, 0.2) is 56.0 Å². The molecule has 0 aliphatic carbocycles. The van der Waals surface area contributed by atoms with Crippen molar-refractivity contribution in [1.29, 1.82) is 0 Å². The van der Waals surface area contributed by atoms with Gasteiger partial charge in [0.2, 0.25) is 6.79 Å². The number of nitrogens with zero attached hydrogens (tertiary/aromatic N) is 2. The van der Waals surface area contributed by atoms with Crippen molar-refractivity contribution in [3.63, 3.8) is 0 Å². The Bertz CT molecular complexity index is 1050. The van der Waals surface area contributed by atoms with Gasteiger partial charge >= 0.3 is 0 Å². The van der Waals surface area contributed by atoms with Crippen molar-refractivity contribution in [3.05, 3.63) is 62.5 Å². The van der Waals surface area contributed by atoms with E-state index in [4.69, 9.17) is 9.47 Å². The van der Waals surface area contributed by atoms with Crippen molar-refractivity contribution < 1.29 is 14.3 Å². The first kappa shape index (κ1) is 19.7. The number of carbonyl (C=O) groups excluding carboxylic acids is 1. The highest BCUT2D eigenvalue weighted by Gasteiger charge is 2.25. The first-order valence-electron chi connectivity index (χ1n) is 9.00. The van der Waals surface area contributed by atoms with Gasteiger partial charge in [0.15, 0.2) is 16.7 Å². The molecular weight excluding hydrogens is 454 g/mol. The van der Waals surface area contributed by atoms with Crippen molar-refractivity contribution in [3.8, 4) is 11.5 Å². The molecule has 1 saturated heterocycles. The normalized spacial score (nSPS) is 18.4. The number of amidine groups is 1. The molecule has 0 atom stereocenters. The van der Waals surface area contributed by atoms with Crippen molar-refractivity contribution in [2.75, 3.05) is 6.79 Å². The second kappa shape index (κ2) is 8.42. The summed E-state index contributed by atoms with van der Waals surface area (Å²) in [7, 11) is 0. The molecule has 1 fully saturated rings. The van der Waals surface area contributed by atoms with Crippen LogP contribution in [0.25, 0.3) is 6.08 Å². The lowest BCUT2D eigenvalue weighted by atomic mass is 10.0. The zero-order valence-corrected chi connectivity index (χ0v) is 18.2. The number of ether oxygens (including phenoxy) is 2. The predicted octanol–water partition coefficient (Wildman–Crippen LogP) is 4.90. The SMILES string of the molecule is CC(C)c1ccc(C=NN=C2NC(=O)/C(=C/c3cc4c(cc3Br)OCO4)S2)cc1. The van der Waals surface area contributed by atoms with E-state index in [0.717, 1.165) is 15.6 Å². The number of hydrogen-bond acceptors (Lipinski definition) is 6. The highest BCUT2D eigenvalue weighted by atomic mass is 79.9. The number of benzene rings is 2. The minimum atomic E-state index is -0.213. The number of carbonyl (C=O) groups is 1. The average molecular weight is 472 g/mol. The van der Waals surface area contributed by atoms with Crippen LogP contribution >= 0.6 is 27.7 Å². The Hall–Kier alpha value is -2.58. The van der Waals surface area contributed by atoms with Crippen LogP contribution in [0.2, 0.25) is 0 Å². The van der Waals surface area contributed by atoms with E-state index in [-0.39, 0.29) is 12.7 Å². The maximum absolute atomic E-state index is 12.3. The third kappa shape index (κ3) is 4.54. The lowest BCUT2D eigenvalue weighted by molar-refractivity contribution is -0.115. The molecule has 0 spiro atoms. The van der Waals surface area contributed by atoms with E-state index < -0.39 is 0 Å². The van der Waals surface area contributed by atoms with E-state index in [2.05, 4.69) is 57.4 Å². The Morgan fingerprint density at radius 2 is 1.90 bits per heavy atom. The zero-order chi connectivity index (χ0) is 20.4. The van der Waals surface area contributed by atoms with Gasteiger partial charge in [-0.3, -0.25) is 10.1 Å². The largest absolute Gasteiger partial charge is 0.454 e. The highest BCUT2D eigenvalue weighted by Crippen LogP contribution is 2.38. The number of nitrogens with one attached hydrogen (secondary N) is 1. The molecule has 1 amide bonds. The lowest BCUT2D eigenvalue weighted by Gasteiger charge is -2.03. The molecule has 29 heavy (non-hydrogen) atoms. The summed E-state index contributed by atoms with van der Waals surface area (Å²) < 4.78 is 11.6. The Morgan fingerprint density at radius 3 is 2.62 bits per heavy atom. The maximum atomic E-state index is 12.3. The minimum Gasteiger partial charge on any atom is -0.454 e. The first-order valence-corrected chi connectivity index (χ1v) is 10.6. The molecule has 0 unspecified atom stereocenters. The van der Waals surface area contributed by atoms with E-state index in [0.29, 0.717) is 27.5 Å². The maximum Gasteiger partial charge on any atom is 0.264 e. The fraction of sp³-hybridized carbons (Fsp3) is 0.190. The van der Waals surface area contributed by atoms with Crippen LogP contribution in [0.3, 0.4) is 0 Å².